The summed E-state index contributed by atoms with van der Waals surface area (Å²) in [6, 6.07) is 0. The van der Waals surface area contributed by atoms with Crippen LogP contribution in [0.2, 0.25) is 0 Å². The van der Waals surface area contributed by atoms with Gasteiger partial charge in [0.05, 0.1) is 6.61 Å². The molecule has 17 heavy (non-hydrogen) atoms. The average Bonchev–Trinajstić information content (AvgIpc) is 2.33. The number of rotatable bonds is 7. The molecule has 1 aliphatic rings. The summed E-state index contributed by atoms with van der Waals surface area (Å²) < 4.78 is 5.37. The summed E-state index contributed by atoms with van der Waals surface area (Å²) in [5, 5.41) is 9.47. The van der Waals surface area contributed by atoms with Crippen molar-refractivity contribution in [3.63, 3.8) is 0 Å². The van der Waals surface area contributed by atoms with Gasteiger partial charge in [0.15, 0.2) is 6.29 Å². The van der Waals surface area contributed by atoms with Crippen molar-refractivity contribution in [2.45, 2.75) is 72.0 Å². The fourth-order valence-corrected chi connectivity index (χ4v) is 2.62. The molecule has 0 aliphatic carbocycles. The van der Waals surface area contributed by atoms with Gasteiger partial charge in [0.2, 0.25) is 0 Å². The molecular formula is C15H30O2. The van der Waals surface area contributed by atoms with Crippen LogP contribution in [0.15, 0.2) is 0 Å². The Balaban J connectivity index is 2.00. The molecule has 0 bridgehead atoms. The van der Waals surface area contributed by atoms with E-state index >= 15 is 0 Å². The maximum Gasteiger partial charge on any atom is 0.157 e. The SMILES string of the molecule is CC[C@H](C)CCCCC[C@H]1CO[C@@H](O)[C@H](C)C1. The number of hydrogen-bond donors (Lipinski definition) is 1. The smallest absolute Gasteiger partial charge is 0.157 e. The van der Waals surface area contributed by atoms with Crippen molar-refractivity contribution in [2.24, 2.45) is 17.8 Å². The van der Waals surface area contributed by atoms with Crippen LogP contribution in [0.5, 0.6) is 0 Å². The van der Waals surface area contributed by atoms with Gasteiger partial charge in [-0.05, 0) is 24.7 Å². The van der Waals surface area contributed by atoms with Gasteiger partial charge >= 0.3 is 0 Å². The predicted molar refractivity (Wildman–Crippen MR) is 71.8 cm³/mol. The Labute approximate surface area is 107 Å². The van der Waals surface area contributed by atoms with Crippen molar-refractivity contribution in [1.29, 1.82) is 0 Å². The standard InChI is InChI=1S/C15H30O2/c1-4-12(2)8-6-5-7-9-14-10-13(3)15(16)17-11-14/h12-16H,4-11H2,1-3H3/t12-,13+,14+,15+/m0/s1. The molecule has 2 nitrogen and oxygen atoms in total. The second-order valence-corrected chi connectivity index (χ2v) is 5.95. The van der Waals surface area contributed by atoms with E-state index in [0.717, 1.165) is 18.9 Å². The first kappa shape index (κ1) is 15.0. The van der Waals surface area contributed by atoms with Crippen molar-refractivity contribution >= 4 is 0 Å². The number of hydrogen-bond acceptors (Lipinski definition) is 2. The molecule has 0 aromatic carbocycles. The Morgan fingerprint density at radius 3 is 2.71 bits per heavy atom. The second-order valence-electron chi connectivity index (χ2n) is 5.95. The van der Waals surface area contributed by atoms with Crippen LogP contribution >= 0.6 is 0 Å². The van der Waals surface area contributed by atoms with Gasteiger partial charge in [0, 0.05) is 5.92 Å². The van der Waals surface area contributed by atoms with Crippen molar-refractivity contribution in [3.8, 4) is 0 Å². The summed E-state index contributed by atoms with van der Waals surface area (Å²) in [5.41, 5.74) is 0. The zero-order valence-corrected chi connectivity index (χ0v) is 11.8. The van der Waals surface area contributed by atoms with E-state index in [-0.39, 0.29) is 0 Å². The van der Waals surface area contributed by atoms with Crippen LogP contribution in [0.25, 0.3) is 0 Å². The second kappa shape index (κ2) is 8.10. The molecule has 1 saturated heterocycles. The summed E-state index contributed by atoms with van der Waals surface area (Å²) in [7, 11) is 0. The molecule has 0 amide bonds. The molecule has 1 N–H and O–H groups in total. The zero-order chi connectivity index (χ0) is 12.7. The highest BCUT2D eigenvalue weighted by atomic mass is 16.6. The molecule has 4 atom stereocenters. The minimum atomic E-state index is -0.517. The van der Waals surface area contributed by atoms with E-state index in [1.807, 2.05) is 0 Å². The van der Waals surface area contributed by atoms with Gasteiger partial charge in [-0.1, -0.05) is 52.9 Å². The molecule has 0 aromatic heterocycles. The van der Waals surface area contributed by atoms with Crippen LogP contribution in [-0.4, -0.2) is 18.0 Å². The Kier molecular flexibility index (Phi) is 7.14. The van der Waals surface area contributed by atoms with Crippen LogP contribution in [0.4, 0.5) is 0 Å². The number of aliphatic hydroxyl groups is 1. The normalized spacial score (nSPS) is 31.4. The van der Waals surface area contributed by atoms with Gasteiger partial charge in [0.1, 0.15) is 0 Å². The van der Waals surface area contributed by atoms with Crippen molar-refractivity contribution < 1.29 is 9.84 Å². The maximum absolute atomic E-state index is 9.47. The first-order chi connectivity index (χ1) is 8.13. The fourth-order valence-electron chi connectivity index (χ4n) is 2.62. The highest BCUT2D eigenvalue weighted by molar-refractivity contribution is 4.70. The van der Waals surface area contributed by atoms with Crippen LogP contribution in [0, 0.1) is 17.8 Å². The van der Waals surface area contributed by atoms with E-state index in [4.69, 9.17) is 4.74 Å². The van der Waals surface area contributed by atoms with Crippen LogP contribution in [-0.2, 0) is 4.74 Å². The zero-order valence-electron chi connectivity index (χ0n) is 11.8. The van der Waals surface area contributed by atoms with Gasteiger partial charge < -0.3 is 9.84 Å². The molecule has 102 valence electrons. The Hall–Kier alpha value is -0.0800. The summed E-state index contributed by atoms with van der Waals surface area (Å²) in [6.45, 7) is 7.46. The summed E-state index contributed by atoms with van der Waals surface area (Å²) in [6.07, 6.45) is 8.64. The van der Waals surface area contributed by atoms with E-state index in [9.17, 15) is 5.11 Å². The molecule has 1 aliphatic heterocycles. The summed E-state index contributed by atoms with van der Waals surface area (Å²) >= 11 is 0. The van der Waals surface area contributed by atoms with Crippen LogP contribution in [0.1, 0.15) is 65.7 Å². The lowest BCUT2D eigenvalue weighted by Gasteiger charge is -2.31. The average molecular weight is 242 g/mol. The Morgan fingerprint density at radius 2 is 2.06 bits per heavy atom. The number of aliphatic hydroxyl groups excluding tert-OH is 1. The summed E-state index contributed by atoms with van der Waals surface area (Å²) in [5.74, 6) is 1.88. The van der Waals surface area contributed by atoms with E-state index in [1.165, 1.54) is 38.5 Å². The largest absolute Gasteiger partial charge is 0.368 e. The van der Waals surface area contributed by atoms with E-state index in [2.05, 4.69) is 20.8 Å². The molecule has 1 heterocycles. The van der Waals surface area contributed by atoms with Crippen LogP contribution in [0.3, 0.4) is 0 Å². The maximum atomic E-state index is 9.47. The molecule has 2 heteroatoms. The highest BCUT2D eigenvalue weighted by Crippen LogP contribution is 2.27. The first-order valence-corrected chi connectivity index (χ1v) is 7.43. The quantitative estimate of drug-likeness (QED) is 0.684. The van der Waals surface area contributed by atoms with Gasteiger partial charge in [-0.25, -0.2) is 0 Å². The molecule has 1 rings (SSSR count). The highest BCUT2D eigenvalue weighted by Gasteiger charge is 2.25. The molecule has 0 radical (unpaired) electrons. The minimum absolute atomic E-state index is 0.314. The van der Waals surface area contributed by atoms with Gasteiger partial charge in [-0.15, -0.1) is 0 Å². The van der Waals surface area contributed by atoms with Crippen molar-refractivity contribution in [3.05, 3.63) is 0 Å². The number of ether oxygens (including phenoxy) is 1. The monoisotopic (exact) mass is 242 g/mol. The minimum Gasteiger partial charge on any atom is -0.368 e. The van der Waals surface area contributed by atoms with Gasteiger partial charge in [-0.3, -0.25) is 0 Å². The fraction of sp³-hybridized carbons (Fsp3) is 1.00. The van der Waals surface area contributed by atoms with Crippen LogP contribution < -0.4 is 0 Å². The third-order valence-corrected chi connectivity index (χ3v) is 4.20. The summed E-state index contributed by atoms with van der Waals surface area (Å²) in [4.78, 5) is 0. The lowest BCUT2D eigenvalue weighted by Crippen LogP contribution is -2.32. The lowest BCUT2D eigenvalue weighted by molar-refractivity contribution is -0.171. The third kappa shape index (κ3) is 5.87. The number of unbranched alkanes of at least 4 members (excludes halogenated alkanes) is 2. The first-order valence-electron chi connectivity index (χ1n) is 7.43. The van der Waals surface area contributed by atoms with E-state index in [0.29, 0.717) is 11.8 Å². The molecular weight excluding hydrogens is 212 g/mol. The third-order valence-electron chi connectivity index (χ3n) is 4.20. The molecule has 0 saturated carbocycles. The van der Waals surface area contributed by atoms with E-state index < -0.39 is 6.29 Å². The predicted octanol–water partition coefficient (Wildman–Crippen LogP) is 3.97. The Morgan fingerprint density at radius 1 is 1.29 bits per heavy atom. The van der Waals surface area contributed by atoms with Gasteiger partial charge in [-0.2, -0.15) is 0 Å². The topological polar surface area (TPSA) is 29.5 Å². The van der Waals surface area contributed by atoms with Crippen molar-refractivity contribution in [1.82, 2.24) is 0 Å². The van der Waals surface area contributed by atoms with E-state index in [1.54, 1.807) is 0 Å². The molecule has 0 unspecified atom stereocenters. The Bertz CT molecular complexity index is 193. The van der Waals surface area contributed by atoms with Gasteiger partial charge in [0.25, 0.3) is 0 Å². The van der Waals surface area contributed by atoms with Crippen molar-refractivity contribution in [2.75, 3.05) is 6.61 Å². The lowest BCUT2D eigenvalue weighted by atomic mass is 9.89. The molecule has 1 fully saturated rings. The molecule has 0 spiro atoms. The molecule has 0 aromatic rings.